The zero-order valence-electron chi connectivity index (χ0n) is 18.1. The topological polar surface area (TPSA) is 54.3 Å². The van der Waals surface area contributed by atoms with Gasteiger partial charge in [0.05, 0.1) is 5.71 Å². The average molecular weight is 453 g/mol. The van der Waals surface area contributed by atoms with Crippen LogP contribution in [0.25, 0.3) is 0 Å². The minimum atomic E-state index is -0.732. The fraction of sp³-hybridized carbons (Fsp3) is 0.269. The lowest BCUT2D eigenvalue weighted by Gasteiger charge is -2.27. The number of hydrogen-bond donors (Lipinski definition) is 1. The van der Waals surface area contributed by atoms with E-state index in [2.05, 4.69) is 5.16 Å². The van der Waals surface area contributed by atoms with Crippen LogP contribution in [-0.2, 0) is 11.4 Å². The zero-order chi connectivity index (χ0) is 23.0. The molecule has 1 N–H and O–H groups in total. The van der Waals surface area contributed by atoms with Crippen LogP contribution in [0.1, 0.15) is 17.5 Å². The number of para-hydroxylation sites is 1. The molecule has 3 aromatic carbocycles. The van der Waals surface area contributed by atoms with Gasteiger partial charge in [-0.3, -0.25) is 4.90 Å². The second-order valence-electron chi connectivity index (χ2n) is 8.07. The van der Waals surface area contributed by atoms with E-state index in [1.807, 2.05) is 35.2 Å². The largest absolute Gasteiger partial charge is 0.491 e. The van der Waals surface area contributed by atoms with Crippen LogP contribution >= 0.6 is 0 Å². The van der Waals surface area contributed by atoms with Gasteiger partial charge in [0.25, 0.3) is 0 Å². The van der Waals surface area contributed by atoms with E-state index in [1.165, 1.54) is 24.3 Å². The third kappa shape index (κ3) is 6.84. The van der Waals surface area contributed by atoms with E-state index in [0.717, 1.165) is 16.8 Å². The minimum absolute atomic E-state index is 0.146. The van der Waals surface area contributed by atoms with Crippen molar-refractivity contribution in [1.82, 2.24) is 4.90 Å². The van der Waals surface area contributed by atoms with E-state index in [1.54, 1.807) is 24.3 Å². The lowest BCUT2D eigenvalue weighted by molar-refractivity contribution is 0.0213. The van der Waals surface area contributed by atoms with E-state index >= 15 is 0 Å². The van der Waals surface area contributed by atoms with Crippen LogP contribution in [-0.4, -0.2) is 47.6 Å². The zero-order valence-corrected chi connectivity index (χ0v) is 18.1. The lowest BCUT2D eigenvalue weighted by atomic mass is 10.0. The number of halogens is 2. The van der Waals surface area contributed by atoms with E-state index in [4.69, 9.17) is 9.57 Å². The van der Waals surface area contributed by atoms with Gasteiger partial charge in [-0.05, 0) is 47.5 Å². The quantitative estimate of drug-likeness (QED) is 0.496. The average Bonchev–Trinajstić information content (AvgIpc) is 3.29. The summed E-state index contributed by atoms with van der Waals surface area (Å²) in [7, 11) is 0. The Bertz CT molecular complexity index is 1040. The first-order valence-corrected chi connectivity index (χ1v) is 10.9. The van der Waals surface area contributed by atoms with Crippen molar-refractivity contribution in [1.29, 1.82) is 0 Å². The standard InChI is InChI=1S/C26H26F2N2O3/c27-21-10-6-19(7-11-21)15-30(16-23(31)18-32-24-4-2-1-3-5-24)17-25-14-26(29-33-25)20-8-12-22(28)13-9-20/h1-13,23,25,31H,14-18H2/t23-,25-/m1/s1. The fourth-order valence-electron chi connectivity index (χ4n) is 3.74. The van der Waals surface area contributed by atoms with Gasteiger partial charge in [0, 0.05) is 26.1 Å². The molecule has 0 aromatic heterocycles. The highest BCUT2D eigenvalue weighted by atomic mass is 19.1. The highest BCUT2D eigenvalue weighted by molar-refractivity contribution is 6.01. The molecule has 3 aromatic rings. The molecule has 2 atom stereocenters. The van der Waals surface area contributed by atoms with Crippen LogP contribution in [0.4, 0.5) is 8.78 Å². The summed E-state index contributed by atoms with van der Waals surface area (Å²) in [5.74, 6) is 0.100. The first-order valence-electron chi connectivity index (χ1n) is 10.9. The molecule has 4 rings (SSSR count). The minimum Gasteiger partial charge on any atom is -0.491 e. The van der Waals surface area contributed by atoms with Gasteiger partial charge in [-0.25, -0.2) is 8.78 Å². The Morgan fingerprint density at radius 1 is 0.970 bits per heavy atom. The van der Waals surface area contributed by atoms with Crippen molar-refractivity contribution in [3.8, 4) is 5.75 Å². The first kappa shape index (κ1) is 22.9. The molecule has 0 bridgehead atoms. The highest BCUT2D eigenvalue weighted by Gasteiger charge is 2.26. The van der Waals surface area contributed by atoms with Crippen molar-refractivity contribution >= 4 is 5.71 Å². The van der Waals surface area contributed by atoms with E-state index < -0.39 is 6.10 Å². The summed E-state index contributed by atoms with van der Waals surface area (Å²) in [4.78, 5) is 7.67. The SMILES string of the molecule is O[C@@H](COc1ccccc1)CN(Cc1ccc(F)cc1)C[C@H]1CC(c2ccc(F)cc2)=NO1. The summed E-state index contributed by atoms with van der Waals surface area (Å²) >= 11 is 0. The van der Waals surface area contributed by atoms with Gasteiger partial charge in [0.2, 0.25) is 0 Å². The van der Waals surface area contributed by atoms with Gasteiger partial charge in [0.1, 0.15) is 36.2 Å². The first-order chi connectivity index (χ1) is 16.0. The monoisotopic (exact) mass is 452 g/mol. The van der Waals surface area contributed by atoms with Crippen LogP contribution in [0.2, 0.25) is 0 Å². The third-order valence-electron chi connectivity index (χ3n) is 5.35. The number of aliphatic hydroxyl groups excluding tert-OH is 1. The highest BCUT2D eigenvalue weighted by Crippen LogP contribution is 2.19. The molecule has 33 heavy (non-hydrogen) atoms. The van der Waals surface area contributed by atoms with Gasteiger partial charge >= 0.3 is 0 Å². The normalized spacial score (nSPS) is 16.4. The van der Waals surface area contributed by atoms with Crippen LogP contribution in [0.3, 0.4) is 0 Å². The molecule has 7 heteroatoms. The Morgan fingerprint density at radius 2 is 1.64 bits per heavy atom. The Hall–Kier alpha value is -3.29. The van der Waals surface area contributed by atoms with E-state index in [0.29, 0.717) is 31.8 Å². The van der Waals surface area contributed by atoms with E-state index in [9.17, 15) is 13.9 Å². The molecule has 5 nitrogen and oxygen atoms in total. The number of aliphatic hydroxyl groups is 1. The number of rotatable bonds is 10. The maximum absolute atomic E-state index is 13.3. The molecule has 0 unspecified atom stereocenters. The summed E-state index contributed by atoms with van der Waals surface area (Å²) in [6.45, 7) is 1.51. The van der Waals surface area contributed by atoms with Crippen LogP contribution in [0, 0.1) is 11.6 Å². The molecule has 0 saturated heterocycles. The third-order valence-corrected chi connectivity index (χ3v) is 5.35. The summed E-state index contributed by atoms with van der Waals surface area (Å²) in [5.41, 5.74) is 2.50. The van der Waals surface area contributed by atoms with Gasteiger partial charge < -0.3 is 14.7 Å². The van der Waals surface area contributed by atoms with Gasteiger partial charge in [-0.2, -0.15) is 0 Å². The smallest absolute Gasteiger partial charge is 0.145 e. The van der Waals surface area contributed by atoms with Crippen LogP contribution < -0.4 is 4.74 Å². The van der Waals surface area contributed by atoms with Crippen molar-refractivity contribution in [2.24, 2.45) is 5.16 Å². The Labute approximate surface area is 191 Å². The number of benzene rings is 3. The van der Waals surface area contributed by atoms with Crippen LogP contribution in [0.15, 0.2) is 84.0 Å². The summed E-state index contributed by atoms with van der Waals surface area (Å²) in [6, 6.07) is 21.8. The predicted octanol–water partition coefficient (Wildman–Crippen LogP) is 4.40. The summed E-state index contributed by atoms with van der Waals surface area (Å²) < 4.78 is 32.2. The Kier molecular flexibility index (Phi) is 7.65. The van der Waals surface area contributed by atoms with Crippen molar-refractivity contribution in [2.75, 3.05) is 19.7 Å². The number of hydrogen-bond acceptors (Lipinski definition) is 5. The number of oxime groups is 1. The molecule has 0 aliphatic carbocycles. The maximum Gasteiger partial charge on any atom is 0.145 e. The second kappa shape index (κ2) is 11.0. The molecule has 0 radical (unpaired) electrons. The van der Waals surface area contributed by atoms with Crippen LogP contribution in [0.5, 0.6) is 5.75 Å². The van der Waals surface area contributed by atoms with Gasteiger partial charge in [-0.15, -0.1) is 0 Å². The molecule has 1 aliphatic heterocycles. The Balaban J connectivity index is 1.37. The van der Waals surface area contributed by atoms with Gasteiger partial charge in [-0.1, -0.05) is 47.6 Å². The van der Waals surface area contributed by atoms with Crippen molar-refractivity contribution in [2.45, 2.75) is 25.2 Å². The molecule has 1 heterocycles. The number of ether oxygens (including phenoxy) is 1. The summed E-state index contributed by atoms with van der Waals surface area (Å²) in [5, 5.41) is 14.8. The number of nitrogens with zero attached hydrogens (tertiary/aromatic N) is 2. The van der Waals surface area contributed by atoms with Crippen molar-refractivity contribution < 1.29 is 23.5 Å². The maximum atomic E-state index is 13.3. The predicted molar refractivity (Wildman–Crippen MR) is 122 cm³/mol. The van der Waals surface area contributed by atoms with E-state index in [-0.39, 0.29) is 24.3 Å². The van der Waals surface area contributed by atoms with Gasteiger partial charge in [0.15, 0.2) is 0 Å². The molecule has 0 amide bonds. The summed E-state index contributed by atoms with van der Waals surface area (Å²) in [6.07, 6.45) is -0.375. The molecule has 1 aliphatic rings. The fourth-order valence-corrected chi connectivity index (χ4v) is 3.74. The molecule has 0 saturated carbocycles. The second-order valence-corrected chi connectivity index (χ2v) is 8.07. The molecule has 172 valence electrons. The lowest BCUT2D eigenvalue weighted by Crippen LogP contribution is -2.39. The molecule has 0 spiro atoms. The molecular weight excluding hydrogens is 426 g/mol. The molecular formula is C26H26F2N2O3. The van der Waals surface area contributed by atoms with Crippen molar-refractivity contribution in [3.05, 3.63) is 102 Å². The Morgan fingerprint density at radius 3 is 2.33 bits per heavy atom. The molecule has 0 fully saturated rings. The van der Waals surface area contributed by atoms with Crippen molar-refractivity contribution in [3.63, 3.8) is 0 Å².